The number of phenolic OH excluding ortho intramolecular Hbond substituents is 1. The number of aromatic hydroxyl groups is 1. The van der Waals surface area contributed by atoms with Crippen molar-refractivity contribution in [2.45, 2.75) is 52.4 Å². The number of pyridine rings is 2. The first-order valence-electron chi connectivity index (χ1n) is 21.2. The van der Waals surface area contributed by atoms with Crippen molar-refractivity contribution in [1.29, 1.82) is 0 Å². The summed E-state index contributed by atoms with van der Waals surface area (Å²) in [7, 11) is 0. The molecule has 0 spiro atoms. The number of imidazole rings is 1. The molecule has 0 aliphatic rings. The first kappa shape index (κ1) is 41.7. The SMILES string of the molecule is CC(C)(C)c1ccc(-n2c(-c3cc(C(C)(C)C)ccc3O)nc3c(-c4[c-]c(-c5ccc(-c6ccccn6)c6cccnc56)ccc4)cc(-c4ccc5ccccc5c4)cc32)cc1.[Pt]. The van der Waals surface area contributed by atoms with Crippen LogP contribution in [0.3, 0.4) is 0 Å². The Labute approximate surface area is 383 Å². The van der Waals surface area contributed by atoms with E-state index in [4.69, 9.17) is 9.97 Å². The second-order valence-electron chi connectivity index (χ2n) is 18.3. The molecule has 0 amide bonds. The summed E-state index contributed by atoms with van der Waals surface area (Å²) in [6.07, 6.45) is 3.67. The van der Waals surface area contributed by atoms with Crippen LogP contribution in [0.2, 0.25) is 0 Å². The monoisotopic (exact) mass is 998 g/mol. The normalized spacial score (nSPS) is 11.9. The maximum Gasteiger partial charge on any atom is 0.148 e. The summed E-state index contributed by atoms with van der Waals surface area (Å²) in [5, 5.41) is 15.1. The van der Waals surface area contributed by atoms with Gasteiger partial charge in [0.05, 0.1) is 22.3 Å². The average Bonchev–Trinajstić information content (AvgIpc) is 3.67. The van der Waals surface area contributed by atoms with Crippen molar-refractivity contribution < 1.29 is 26.2 Å². The molecule has 10 aromatic rings. The molecule has 0 aliphatic heterocycles. The number of hydrogen-bond acceptors (Lipinski definition) is 4. The van der Waals surface area contributed by atoms with Crippen molar-refractivity contribution in [3.8, 4) is 67.5 Å². The molecule has 6 heteroatoms. The van der Waals surface area contributed by atoms with Crippen molar-refractivity contribution >= 4 is 32.7 Å². The summed E-state index contributed by atoms with van der Waals surface area (Å²) in [6, 6.07) is 58.8. The second-order valence-corrected chi connectivity index (χ2v) is 18.3. The Morgan fingerprint density at radius 2 is 1.21 bits per heavy atom. The molecule has 0 unspecified atom stereocenters. The van der Waals surface area contributed by atoms with E-state index in [1.54, 1.807) is 6.07 Å². The standard InChI is InChI=1S/C57H47N4O.Pt/c1-56(2,3)42-21-24-44(25-22-42)61-51-34-41(38-20-19-36-13-7-8-14-37(36)31-38)33-48(54(51)60-55(61)49-35-43(57(4,5)6)23-28-52(49)62)40-16-11-15-39(32-40)45-26-27-46(50-18-9-10-29-58-50)47-17-12-30-59-53(45)47;/h7-31,33-35,62H,1-6H3;/q-1;. The average molecular weight is 999 g/mol. The van der Waals surface area contributed by atoms with E-state index in [-0.39, 0.29) is 37.6 Å². The van der Waals surface area contributed by atoms with Crippen LogP contribution < -0.4 is 0 Å². The molecule has 3 heterocycles. The minimum absolute atomic E-state index is 0. The fraction of sp³-hybridized carbons (Fsp3) is 0.140. The molecular formula is C57H47N4OPt-. The predicted molar refractivity (Wildman–Crippen MR) is 257 cm³/mol. The zero-order valence-corrected chi connectivity index (χ0v) is 38.5. The van der Waals surface area contributed by atoms with Gasteiger partial charge in [-0.15, -0.1) is 35.4 Å². The molecular weight excluding hydrogens is 952 g/mol. The van der Waals surface area contributed by atoms with Gasteiger partial charge >= 0.3 is 0 Å². The van der Waals surface area contributed by atoms with Crippen LogP contribution in [0.25, 0.3) is 94.4 Å². The van der Waals surface area contributed by atoms with E-state index in [9.17, 15) is 5.11 Å². The Kier molecular flexibility index (Phi) is 10.7. The Morgan fingerprint density at radius 3 is 1.95 bits per heavy atom. The maximum absolute atomic E-state index is 11.7. The minimum atomic E-state index is -0.147. The number of hydrogen-bond donors (Lipinski definition) is 1. The van der Waals surface area contributed by atoms with Crippen LogP contribution >= 0.6 is 0 Å². The Hall–Kier alpha value is -6.68. The summed E-state index contributed by atoms with van der Waals surface area (Å²) in [5.74, 6) is 0.847. The zero-order chi connectivity index (χ0) is 42.8. The van der Waals surface area contributed by atoms with Gasteiger partial charge < -0.3 is 5.11 Å². The molecule has 10 rings (SSSR count). The molecule has 0 fully saturated rings. The van der Waals surface area contributed by atoms with Crippen LogP contribution in [0.15, 0.2) is 170 Å². The van der Waals surface area contributed by atoms with Gasteiger partial charge in [0.2, 0.25) is 0 Å². The van der Waals surface area contributed by atoms with E-state index in [1.807, 2.05) is 42.7 Å². The largest absolute Gasteiger partial charge is 0.507 e. The first-order chi connectivity index (χ1) is 29.9. The Balaban J connectivity index is 0.00000504. The molecule has 0 radical (unpaired) electrons. The number of aromatic nitrogens is 4. The van der Waals surface area contributed by atoms with Crippen LogP contribution in [-0.2, 0) is 31.9 Å². The van der Waals surface area contributed by atoms with Gasteiger partial charge in [0.15, 0.2) is 0 Å². The van der Waals surface area contributed by atoms with E-state index in [1.165, 1.54) is 16.3 Å². The second kappa shape index (κ2) is 16.2. The third-order valence-corrected chi connectivity index (χ3v) is 12.0. The van der Waals surface area contributed by atoms with Crippen LogP contribution in [-0.4, -0.2) is 24.6 Å². The van der Waals surface area contributed by atoms with E-state index < -0.39 is 0 Å². The van der Waals surface area contributed by atoms with Gasteiger partial charge in [0, 0.05) is 55.6 Å². The summed E-state index contributed by atoms with van der Waals surface area (Å²) in [6.45, 7) is 13.3. The number of phenols is 1. The summed E-state index contributed by atoms with van der Waals surface area (Å²) in [4.78, 5) is 15.1. The van der Waals surface area contributed by atoms with Crippen LogP contribution in [0.1, 0.15) is 52.7 Å². The van der Waals surface area contributed by atoms with Gasteiger partial charge in [-0.3, -0.25) is 14.5 Å². The molecule has 63 heavy (non-hydrogen) atoms. The van der Waals surface area contributed by atoms with Crippen molar-refractivity contribution in [3.63, 3.8) is 0 Å². The molecule has 0 saturated carbocycles. The molecule has 312 valence electrons. The van der Waals surface area contributed by atoms with Crippen LogP contribution in [0.5, 0.6) is 5.75 Å². The molecule has 5 nitrogen and oxygen atoms in total. The van der Waals surface area contributed by atoms with Gasteiger partial charge in [-0.2, -0.15) is 0 Å². The molecule has 1 N–H and O–H groups in total. The number of fused-ring (bicyclic) bond motifs is 3. The molecule has 7 aromatic carbocycles. The molecule has 0 atom stereocenters. The third-order valence-electron chi connectivity index (χ3n) is 12.0. The third kappa shape index (κ3) is 7.76. The molecule has 0 saturated heterocycles. The van der Waals surface area contributed by atoms with Gasteiger partial charge in [-0.05, 0) is 98.5 Å². The molecule has 3 aromatic heterocycles. The van der Waals surface area contributed by atoms with E-state index in [0.29, 0.717) is 11.4 Å². The maximum atomic E-state index is 11.7. The Bertz CT molecular complexity index is 3320. The minimum Gasteiger partial charge on any atom is -0.507 e. The van der Waals surface area contributed by atoms with Gasteiger partial charge in [-0.1, -0.05) is 138 Å². The summed E-state index contributed by atoms with van der Waals surface area (Å²) < 4.78 is 2.22. The van der Waals surface area contributed by atoms with Crippen LogP contribution in [0, 0.1) is 6.07 Å². The van der Waals surface area contributed by atoms with Gasteiger partial charge in [0.25, 0.3) is 0 Å². The van der Waals surface area contributed by atoms with E-state index in [2.05, 4.69) is 178 Å². The molecule has 0 bridgehead atoms. The van der Waals surface area contributed by atoms with Crippen molar-refractivity contribution in [1.82, 2.24) is 19.5 Å². The first-order valence-corrected chi connectivity index (χ1v) is 21.2. The number of rotatable bonds is 6. The topological polar surface area (TPSA) is 63.8 Å². The fourth-order valence-electron chi connectivity index (χ4n) is 8.57. The zero-order valence-electron chi connectivity index (χ0n) is 36.2. The van der Waals surface area contributed by atoms with Crippen molar-refractivity contribution in [2.75, 3.05) is 0 Å². The summed E-state index contributed by atoms with van der Waals surface area (Å²) in [5.41, 5.74) is 14.3. The van der Waals surface area contributed by atoms with Gasteiger partial charge in [-0.25, -0.2) is 4.98 Å². The molecule has 0 aliphatic carbocycles. The number of benzene rings is 7. The number of nitrogens with zero attached hydrogens (tertiary/aromatic N) is 4. The van der Waals surface area contributed by atoms with Crippen molar-refractivity contribution in [3.05, 3.63) is 187 Å². The van der Waals surface area contributed by atoms with Gasteiger partial charge in [0.1, 0.15) is 11.6 Å². The van der Waals surface area contributed by atoms with E-state index in [0.717, 1.165) is 77.8 Å². The summed E-state index contributed by atoms with van der Waals surface area (Å²) >= 11 is 0. The van der Waals surface area contributed by atoms with E-state index >= 15 is 0 Å². The smallest absolute Gasteiger partial charge is 0.148 e. The quantitative estimate of drug-likeness (QED) is 0.169. The van der Waals surface area contributed by atoms with Crippen LogP contribution in [0.4, 0.5) is 0 Å². The van der Waals surface area contributed by atoms with Crippen molar-refractivity contribution in [2.24, 2.45) is 0 Å². The fourth-order valence-corrected chi connectivity index (χ4v) is 8.57. The Morgan fingerprint density at radius 1 is 0.508 bits per heavy atom. The predicted octanol–water partition coefficient (Wildman–Crippen LogP) is 14.6.